The molecule has 1 aromatic carbocycles. The number of aryl methyl sites for hydroxylation is 1. The molecule has 8 heteroatoms. The van der Waals surface area contributed by atoms with E-state index >= 15 is 4.39 Å². The van der Waals surface area contributed by atoms with E-state index in [1.54, 1.807) is 16.9 Å². The topological polar surface area (TPSA) is 79.1 Å². The first-order chi connectivity index (χ1) is 15.0. The van der Waals surface area contributed by atoms with Gasteiger partial charge in [0.05, 0.1) is 17.9 Å². The van der Waals surface area contributed by atoms with Crippen LogP contribution in [0.3, 0.4) is 0 Å². The van der Waals surface area contributed by atoms with Crippen molar-refractivity contribution in [3.05, 3.63) is 42.7 Å². The number of fused-ring (bicyclic) bond motifs is 2. The summed E-state index contributed by atoms with van der Waals surface area (Å²) in [4.78, 5) is 1.92. The Hall–Kier alpha value is -3.00. The first kappa shape index (κ1) is 19.9. The van der Waals surface area contributed by atoms with Crippen LogP contribution in [0.4, 0.5) is 10.2 Å². The van der Waals surface area contributed by atoms with E-state index in [2.05, 4.69) is 20.6 Å². The molecule has 7 nitrogen and oxygen atoms in total. The van der Waals surface area contributed by atoms with Gasteiger partial charge in [0.15, 0.2) is 5.82 Å². The van der Waals surface area contributed by atoms with Crippen LogP contribution in [0.15, 0.2) is 42.7 Å². The molecule has 5 rings (SSSR count). The van der Waals surface area contributed by atoms with Gasteiger partial charge in [-0.2, -0.15) is 5.10 Å². The largest absolute Gasteiger partial charge is 0.507 e. The fraction of sp³-hybridized carbons (Fsp3) is 0.435. The van der Waals surface area contributed by atoms with Crippen molar-refractivity contribution in [3.8, 4) is 28.1 Å². The van der Waals surface area contributed by atoms with Gasteiger partial charge in [-0.1, -0.05) is 12.5 Å². The second-order valence-corrected chi connectivity index (χ2v) is 8.67. The van der Waals surface area contributed by atoms with E-state index in [1.165, 1.54) is 0 Å². The van der Waals surface area contributed by atoms with E-state index in [0.717, 1.165) is 36.8 Å². The van der Waals surface area contributed by atoms with E-state index < -0.39 is 6.17 Å². The number of phenols is 1. The van der Waals surface area contributed by atoms with E-state index in [-0.39, 0.29) is 17.8 Å². The Kier molecular flexibility index (Phi) is 5.09. The molecule has 4 heterocycles. The molecule has 0 radical (unpaired) electrons. The summed E-state index contributed by atoms with van der Waals surface area (Å²) in [6, 6.07) is 9.24. The average molecular weight is 423 g/mol. The monoisotopic (exact) mass is 422 g/mol. The number of piperidine rings is 2. The van der Waals surface area contributed by atoms with Crippen molar-refractivity contribution in [2.45, 2.75) is 50.0 Å². The number of aromatic nitrogens is 4. The number of alkyl halides is 1. The Morgan fingerprint density at radius 3 is 2.74 bits per heavy atom. The number of hydrogen-bond acceptors (Lipinski definition) is 6. The lowest BCUT2D eigenvalue weighted by Gasteiger charge is -2.46. The van der Waals surface area contributed by atoms with Gasteiger partial charge in [-0.25, -0.2) is 4.39 Å². The van der Waals surface area contributed by atoms with Crippen molar-refractivity contribution in [1.29, 1.82) is 0 Å². The molecule has 2 aromatic heterocycles. The minimum absolute atomic E-state index is 0.0672. The maximum atomic E-state index is 15.0. The molecular weight excluding hydrogens is 395 g/mol. The first-order valence-electron chi connectivity index (χ1n) is 10.8. The van der Waals surface area contributed by atoms with Gasteiger partial charge < -0.3 is 15.3 Å². The van der Waals surface area contributed by atoms with Crippen molar-refractivity contribution in [2.24, 2.45) is 7.05 Å². The lowest BCUT2D eigenvalue weighted by Crippen LogP contribution is -2.61. The number of phenolic OH excluding ortho intramolecular Hbond substituents is 1. The Balaban J connectivity index is 1.35. The van der Waals surface area contributed by atoms with Crippen LogP contribution in [0, 0.1) is 0 Å². The number of anilines is 1. The van der Waals surface area contributed by atoms with E-state index in [9.17, 15) is 5.11 Å². The van der Waals surface area contributed by atoms with Gasteiger partial charge in [-0.05, 0) is 49.1 Å². The Morgan fingerprint density at radius 2 is 2.03 bits per heavy atom. The third-order valence-electron chi connectivity index (χ3n) is 6.62. The van der Waals surface area contributed by atoms with Crippen molar-refractivity contribution in [1.82, 2.24) is 25.3 Å². The molecule has 2 saturated heterocycles. The van der Waals surface area contributed by atoms with Gasteiger partial charge in [0.2, 0.25) is 0 Å². The molecule has 2 fully saturated rings. The molecule has 0 saturated carbocycles. The lowest BCUT2D eigenvalue weighted by molar-refractivity contribution is 0.107. The van der Waals surface area contributed by atoms with Crippen LogP contribution < -0.4 is 10.2 Å². The van der Waals surface area contributed by atoms with Crippen LogP contribution in [-0.2, 0) is 7.05 Å². The Bertz CT molecular complexity index is 1070. The van der Waals surface area contributed by atoms with E-state index in [0.29, 0.717) is 23.1 Å². The highest BCUT2D eigenvalue weighted by Gasteiger charge is 2.41. The molecule has 31 heavy (non-hydrogen) atoms. The van der Waals surface area contributed by atoms with Gasteiger partial charge in [-0.15, -0.1) is 10.2 Å². The van der Waals surface area contributed by atoms with Gasteiger partial charge in [-0.3, -0.25) is 4.68 Å². The Morgan fingerprint density at radius 1 is 1.16 bits per heavy atom. The van der Waals surface area contributed by atoms with Gasteiger partial charge in [0, 0.05) is 43.5 Å². The molecule has 0 amide bonds. The minimum atomic E-state index is -0.924. The van der Waals surface area contributed by atoms with Crippen molar-refractivity contribution in [2.75, 3.05) is 11.9 Å². The van der Waals surface area contributed by atoms with E-state index in [4.69, 9.17) is 0 Å². The number of nitrogens with one attached hydrogen (secondary N) is 1. The Labute approximate surface area is 180 Å². The summed E-state index contributed by atoms with van der Waals surface area (Å²) in [6.45, 7) is 0. The zero-order valence-electron chi connectivity index (χ0n) is 17.7. The fourth-order valence-corrected chi connectivity index (χ4v) is 4.88. The summed E-state index contributed by atoms with van der Waals surface area (Å²) in [5.74, 6) is 0.773. The molecule has 162 valence electrons. The molecule has 2 bridgehead atoms. The quantitative estimate of drug-likeness (QED) is 0.672. The number of nitrogens with zero attached hydrogens (tertiary/aromatic N) is 5. The molecule has 2 N–H and O–H groups in total. The molecule has 2 aliphatic heterocycles. The van der Waals surface area contributed by atoms with Gasteiger partial charge in [0.25, 0.3) is 0 Å². The van der Waals surface area contributed by atoms with Crippen LogP contribution in [0.2, 0.25) is 0 Å². The summed E-state index contributed by atoms with van der Waals surface area (Å²) >= 11 is 0. The zero-order chi connectivity index (χ0) is 21.5. The maximum absolute atomic E-state index is 15.0. The highest BCUT2D eigenvalue weighted by atomic mass is 19.1. The van der Waals surface area contributed by atoms with Crippen LogP contribution >= 0.6 is 0 Å². The predicted molar refractivity (Wildman–Crippen MR) is 118 cm³/mol. The van der Waals surface area contributed by atoms with Crippen LogP contribution in [0.1, 0.15) is 25.7 Å². The van der Waals surface area contributed by atoms with Gasteiger partial charge in [0.1, 0.15) is 11.9 Å². The van der Waals surface area contributed by atoms with E-state index in [1.807, 2.05) is 49.5 Å². The second kappa shape index (κ2) is 7.92. The highest BCUT2D eigenvalue weighted by Crippen LogP contribution is 2.34. The molecule has 3 aromatic rings. The van der Waals surface area contributed by atoms with Crippen molar-refractivity contribution in [3.63, 3.8) is 0 Å². The van der Waals surface area contributed by atoms with Crippen molar-refractivity contribution >= 4 is 5.82 Å². The summed E-state index contributed by atoms with van der Waals surface area (Å²) in [5.41, 5.74) is 2.99. The number of hydrogen-bond donors (Lipinski definition) is 2. The third-order valence-corrected chi connectivity index (χ3v) is 6.62. The molecule has 0 unspecified atom stereocenters. The molecule has 4 atom stereocenters. The smallest absolute Gasteiger partial charge is 0.151 e. The molecular formula is C23H27FN6O. The fourth-order valence-electron chi connectivity index (χ4n) is 4.88. The van der Waals surface area contributed by atoms with Crippen molar-refractivity contribution < 1.29 is 9.50 Å². The third kappa shape index (κ3) is 3.76. The standard InChI is InChI=1S/C23H27FN6O/c1-29-13-15(12-25-29)14-6-7-17(21(31)10-14)18-8-9-22(28-27-18)30(2)20-11-16-4-3-5-19(26-16)23(20)24/h6-10,12-13,16,19-20,23,26,31H,3-5,11H2,1-2H3/t16-,19-,20-,23+/m0/s1. The molecule has 0 spiro atoms. The number of benzene rings is 1. The predicted octanol–water partition coefficient (Wildman–Crippen LogP) is 3.31. The SMILES string of the molecule is CN(c1ccc(-c2ccc(-c3cnn(C)c3)cc2O)nn1)[C@H]1C[C@@H]2CCC[C@H](N2)[C@H]1F. The molecule has 0 aliphatic carbocycles. The maximum Gasteiger partial charge on any atom is 0.151 e. The lowest BCUT2D eigenvalue weighted by atomic mass is 9.82. The normalized spacial score (nSPS) is 25.4. The highest BCUT2D eigenvalue weighted by molar-refractivity contribution is 5.73. The number of aromatic hydroxyl groups is 1. The van der Waals surface area contributed by atoms with Crippen LogP contribution in [0.25, 0.3) is 22.4 Å². The summed E-state index contributed by atoms with van der Waals surface area (Å²) in [7, 11) is 3.75. The summed E-state index contributed by atoms with van der Waals surface area (Å²) in [5, 5.41) is 26.8. The summed E-state index contributed by atoms with van der Waals surface area (Å²) in [6.07, 6.45) is 6.59. The minimum Gasteiger partial charge on any atom is -0.507 e. The van der Waals surface area contributed by atoms with Crippen LogP contribution in [0.5, 0.6) is 5.75 Å². The first-order valence-corrected chi connectivity index (χ1v) is 10.8. The summed E-state index contributed by atoms with van der Waals surface area (Å²) < 4.78 is 16.8. The van der Waals surface area contributed by atoms with Crippen LogP contribution in [-0.4, -0.2) is 56.4 Å². The van der Waals surface area contributed by atoms with Gasteiger partial charge >= 0.3 is 0 Å². The number of halogens is 1. The number of rotatable bonds is 4. The average Bonchev–Trinajstić information content (AvgIpc) is 3.22. The molecule has 2 aliphatic rings. The zero-order valence-corrected chi connectivity index (χ0v) is 17.7. The second-order valence-electron chi connectivity index (χ2n) is 8.67.